The summed E-state index contributed by atoms with van der Waals surface area (Å²) in [6.07, 6.45) is -4.11. The zero-order valence-electron chi connectivity index (χ0n) is 21.9. The third-order valence-corrected chi connectivity index (χ3v) is 6.52. The van der Waals surface area contributed by atoms with Gasteiger partial charge in [0.1, 0.15) is 0 Å². The van der Waals surface area contributed by atoms with E-state index in [1.165, 1.54) is 44.5 Å². The van der Waals surface area contributed by atoms with Crippen molar-refractivity contribution in [1.82, 2.24) is 4.98 Å². The van der Waals surface area contributed by atoms with Gasteiger partial charge in [0.15, 0.2) is 0 Å². The molecule has 0 radical (unpaired) electrons. The van der Waals surface area contributed by atoms with Crippen LogP contribution in [0.2, 0.25) is 0 Å². The Kier molecular flexibility index (Phi) is 8.47. The van der Waals surface area contributed by atoms with Crippen LogP contribution in [-0.2, 0) is 23.4 Å². The molecule has 3 aromatic carbocycles. The number of ether oxygens (including phenoxy) is 1. The fraction of sp³-hybridized carbons (Fsp3) is 0.200. The Morgan fingerprint density at radius 3 is 1.90 bits per heavy atom. The molecule has 1 aromatic heterocycles. The maximum atomic E-state index is 14.7. The number of halogens is 3. The molecule has 0 fully saturated rings. The van der Waals surface area contributed by atoms with Crippen LogP contribution in [0.5, 0.6) is 5.88 Å². The molecule has 0 aliphatic carbocycles. The first-order chi connectivity index (χ1) is 19.2. The summed E-state index contributed by atoms with van der Waals surface area (Å²) in [5.41, 5.74) is -1.21. The van der Waals surface area contributed by atoms with Crippen molar-refractivity contribution in [3.63, 3.8) is 0 Å². The number of carbonyl (C=O) groups is 1. The molecule has 3 N–H and O–H groups in total. The van der Waals surface area contributed by atoms with Gasteiger partial charge < -0.3 is 25.4 Å². The second-order valence-electron chi connectivity index (χ2n) is 9.07. The molecule has 7 nitrogen and oxygen atoms in total. The van der Waals surface area contributed by atoms with Crippen LogP contribution in [0.1, 0.15) is 16.7 Å². The second-order valence-corrected chi connectivity index (χ2v) is 9.07. The third-order valence-electron chi connectivity index (χ3n) is 6.52. The van der Waals surface area contributed by atoms with Crippen LogP contribution < -0.4 is 20.3 Å². The van der Waals surface area contributed by atoms with Gasteiger partial charge in [0.2, 0.25) is 5.88 Å². The third kappa shape index (κ3) is 5.96. The molecule has 0 saturated carbocycles. The number of aliphatic carboxylic acids is 1. The number of nitrogens with one attached hydrogen (secondary N) is 2. The van der Waals surface area contributed by atoms with Crippen molar-refractivity contribution in [3.8, 4) is 5.88 Å². The Bertz CT molecular complexity index is 1380. The number of aromatic nitrogens is 1. The minimum absolute atomic E-state index is 0.151. The highest BCUT2D eigenvalue weighted by molar-refractivity contribution is 5.88. The quantitative estimate of drug-likeness (QED) is 0.202. The van der Waals surface area contributed by atoms with E-state index in [-0.39, 0.29) is 17.3 Å². The van der Waals surface area contributed by atoms with E-state index in [1.54, 1.807) is 0 Å². The Balaban J connectivity index is 1.75. The SMILES string of the molecule is CNc1cc(OC)ncc1NC(C(=O)O)(c1ccc(N(Cc2ccccc2)Cc2ccccc2)cc1)C(F)(F)F. The van der Waals surface area contributed by atoms with Gasteiger partial charge in [0.05, 0.1) is 24.7 Å². The molecular formula is C30H29F3N4O3. The highest BCUT2D eigenvalue weighted by atomic mass is 19.4. The van der Waals surface area contributed by atoms with E-state index in [0.717, 1.165) is 17.3 Å². The number of pyridine rings is 1. The number of anilines is 3. The van der Waals surface area contributed by atoms with Crippen molar-refractivity contribution in [1.29, 1.82) is 0 Å². The van der Waals surface area contributed by atoms with Gasteiger partial charge in [0, 0.05) is 31.9 Å². The van der Waals surface area contributed by atoms with E-state index in [2.05, 4.69) is 15.6 Å². The van der Waals surface area contributed by atoms with Crippen LogP contribution in [-0.4, -0.2) is 36.4 Å². The molecule has 4 rings (SSSR count). The first kappa shape index (κ1) is 28.3. The van der Waals surface area contributed by atoms with E-state index in [0.29, 0.717) is 18.8 Å². The van der Waals surface area contributed by atoms with Gasteiger partial charge in [-0.3, -0.25) is 0 Å². The number of rotatable bonds is 11. The molecule has 0 bridgehead atoms. The number of alkyl halides is 3. The van der Waals surface area contributed by atoms with Gasteiger partial charge in [-0.25, -0.2) is 9.78 Å². The summed E-state index contributed by atoms with van der Waals surface area (Å²) in [5.74, 6) is -1.94. The molecule has 0 aliphatic rings. The lowest BCUT2D eigenvalue weighted by atomic mass is 9.88. The van der Waals surface area contributed by atoms with Crippen molar-refractivity contribution in [2.75, 3.05) is 29.7 Å². The number of nitrogens with zero attached hydrogens (tertiary/aromatic N) is 2. The van der Waals surface area contributed by atoms with E-state index < -0.39 is 23.2 Å². The summed E-state index contributed by atoms with van der Waals surface area (Å²) in [4.78, 5) is 18.4. The molecular weight excluding hydrogens is 521 g/mol. The first-order valence-electron chi connectivity index (χ1n) is 12.4. The standard InChI is InChI=1S/C30H29F3N4O3/c1-34-25-17-27(40-2)35-18-26(25)36-29(28(38)39,30(31,32)33)23-13-15-24(16-14-23)37(19-21-9-5-3-6-10-21)20-22-11-7-4-8-12-22/h3-18,36H,19-20H2,1-2H3,(H,34,35)(H,38,39). The van der Waals surface area contributed by atoms with Crippen LogP contribution in [0, 0.1) is 0 Å². The maximum absolute atomic E-state index is 14.7. The molecule has 0 aliphatic heterocycles. The fourth-order valence-electron chi connectivity index (χ4n) is 4.43. The molecule has 1 heterocycles. The van der Waals surface area contributed by atoms with Crippen molar-refractivity contribution >= 4 is 23.0 Å². The van der Waals surface area contributed by atoms with Gasteiger partial charge in [-0.15, -0.1) is 0 Å². The summed E-state index contributed by atoms with van der Waals surface area (Å²) in [7, 11) is 2.87. The Hall–Kier alpha value is -4.73. The highest BCUT2D eigenvalue weighted by Gasteiger charge is 2.62. The number of carboxylic acids is 1. The summed E-state index contributed by atoms with van der Waals surface area (Å²) in [6.45, 7) is 0.999. The van der Waals surface area contributed by atoms with Gasteiger partial charge >= 0.3 is 12.1 Å². The number of hydrogen-bond donors (Lipinski definition) is 3. The lowest BCUT2D eigenvalue weighted by Gasteiger charge is -2.35. The molecule has 208 valence electrons. The molecule has 0 saturated heterocycles. The minimum Gasteiger partial charge on any atom is -0.481 e. The number of carboxylic acid groups (broad SMARTS) is 1. The largest absolute Gasteiger partial charge is 0.481 e. The predicted molar refractivity (Wildman–Crippen MR) is 149 cm³/mol. The van der Waals surface area contributed by atoms with Crippen molar-refractivity contribution in [2.45, 2.75) is 24.8 Å². The number of methoxy groups -OCH3 is 1. The number of hydrogen-bond acceptors (Lipinski definition) is 6. The molecule has 10 heteroatoms. The van der Waals surface area contributed by atoms with Crippen LogP contribution in [0.25, 0.3) is 0 Å². The van der Waals surface area contributed by atoms with Gasteiger partial charge in [0.25, 0.3) is 5.54 Å². The van der Waals surface area contributed by atoms with Crippen molar-refractivity contribution in [3.05, 3.63) is 114 Å². The van der Waals surface area contributed by atoms with E-state index in [1.807, 2.05) is 65.6 Å². The zero-order valence-corrected chi connectivity index (χ0v) is 21.9. The maximum Gasteiger partial charge on any atom is 0.426 e. The summed E-state index contributed by atoms with van der Waals surface area (Å²) < 4.78 is 49.1. The van der Waals surface area contributed by atoms with E-state index in [9.17, 15) is 23.1 Å². The normalized spacial score (nSPS) is 12.7. The lowest BCUT2D eigenvalue weighted by molar-refractivity contribution is -0.199. The average molecular weight is 551 g/mol. The van der Waals surface area contributed by atoms with Crippen LogP contribution >= 0.6 is 0 Å². The lowest BCUT2D eigenvalue weighted by Crippen LogP contribution is -2.55. The molecule has 0 spiro atoms. The molecule has 1 unspecified atom stereocenters. The predicted octanol–water partition coefficient (Wildman–Crippen LogP) is 6.29. The zero-order chi connectivity index (χ0) is 28.8. The second kappa shape index (κ2) is 12.0. The van der Waals surface area contributed by atoms with E-state index in [4.69, 9.17) is 4.74 Å². The van der Waals surface area contributed by atoms with Gasteiger partial charge in [-0.1, -0.05) is 72.8 Å². The van der Waals surface area contributed by atoms with Crippen molar-refractivity contribution in [2.24, 2.45) is 0 Å². The average Bonchev–Trinajstić information content (AvgIpc) is 2.96. The molecule has 1 atom stereocenters. The minimum atomic E-state index is -5.21. The van der Waals surface area contributed by atoms with Gasteiger partial charge in [-0.2, -0.15) is 13.2 Å². The van der Waals surface area contributed by atoms with Crippen LogP contribution in [0.3, 0.4) is 0 Å². The first-order valence-corrected chi connectivity index (χ1v) is 12.4. The Morgan fingerprint density at radius 2 is 1.45 bits per heavy atom. The highest BCUT2D eigenvalue weighted by Crippen LogP contribution is 2.44. The van der Waals surface area contributed by atoms with Crippen LogP contribution in [0.15, 0.2) is 97.2 Å². The Labute approximate surface area is 230 Å². The summed E-state index contributed by atoms with van der Waals surface area (Å²) in [6, 6.07) is 26.2. The summed E-state index contributed by atoms with van der Waals surface area (Å²) >= 11 is 0. The molecule has 4 aromatic rings. The fourth-order valence-corrected chi connectivity index (χ4v) is 4.43. The molecule has 0 amide bonds. The summed E-state index contributed by atoms with van der Waals surface area (Å²) in [5, 5.41) is 15.0. The Morgan fingerprint density at radius 1 is 0.900 bits per heavy atom. The monoisotopic (exact) mass is 550 g/mol. The van der Waals surface area contributed by atoms with Crippen LogP contribution in [0.4, 0.5) is 30.2 Å². The van der Waals surface area contributed by atoms with E-state index >= 15 is 0 Å². The topological polar surface area (TPSA) is 86.7 Å². The van der Waals surface area contributed by atoms with Gasteiger partial charge in [-0.05, 0) is 28.8 Å². The smallest absolute Gasteiger partial charge is 0.426 e. The number of benzene rings is 3. The molecule has 40 heavy (non-hydrogen) atoms. The van der Waals surface area contributed by atoms with Crippen molar-refractivity contribution < 1.29 is 27.8 Å².